The summed E-state index contributed by atoms with van der Waals surface area (Å²) in [5, 5.41) is 19.1. The molecule has 112 valence electrons. The fourth-order valence-electron chi connectivity index (χ4n) is 1.55. The molecule has 0 fully saturated rings. The van der Waals surface area contributed by atoms with E-state index in [0.717, 1.165) is 4.90 Å². The Bertz CT molecular complexity index is 622. The molecule has 0 radical (unpaired) electrons. The van der Waals surface area contributed by atoms with Crippen LogP contribution in [-0.2, 0) is 23.1 Å². The predicted molar refractivity (Wildman–Crippen MR) is 80.5 cm³/mol. The minimum absolute atomic E-state index is 0. The molecule has 0 unspecified atom stereocenters. The summed E-state index contributed by atoms with van der Waals surface area (Å²) in [6.45, 7) is 2.16. The zero-order valence-corrected chi connectivity index (χ0v) is 21.5. The van der Waals surface area contributed by atoms with Gasteiger partial charge in [-0.15, -0.1) is 0 Å². The molecule has 4 nitrogen and oxygen atoms in total. The summed E-state index contributed by atoms with van der Waals surface area (Å²) in [5.41, 5.74) is 0.679. The van der Waals surface area contributed by atoms with E-state index in [1.807, 2.05) is 12.1 Å². The largest absolute Gasteiger partial charge is 1.00 e. The summed E-state index contributed by atoms with van der Waals surface area (Å²) < 4.78 is 1.26. The van der Waals surface area contributed by atoms with Crippen molar-refractivity contribution in [2.75, 3.05) is 0 Å². The van der Waals surface area contributed by atoms with Crippen LogP contribution in [-0.4, -0.2) is 17.0 Å². The molecule has 1 N–H and O–H groups in total. The number of carbonyl (C=O) groups excluding carboxylic acids is 1. The first-order chi connectivity index (χ1) is 10.6. The van der Waals surface area contributed by atoms with Crippen LogP contribution in [0.2, 0.25) is 3.93 Å². The molecule has 0 aromatic heterocycles. The number of carboxylic acids is 2. The maximum Gasteiger partial charge on any atom is 1.00 e. The van der Waals surface area contributed by atoms with Crippen LogP contribution in [0.5, 0.6) is 0 Å². The van der Waals surface area contributed by atoms with E-state index in [9.17, 15) is 14.7 Å². The number of aromatic carboxylic acids is 2. The van der Waals surface area contributed by atoms with E-state index < -0.39 is 35.0 Å². The number of rotatable bonds is 5. The van der Waals surface area contributed by atoms with Crippen LogP contribution in [0.4, 0.5) is 0 Å². The number of carboxylic acid groups (broad SMARTS) is 2. The third-order valence-corrected chi connectivity index (χ3v) is 14.6. The van der Waals surface area contributed by atoms with Crippen LogP contribution in [0, 0.1) is 0 Å². The number of hydrogen-bond acceptors (Lipinski definition) is 4. The van der Waals surface area contributed by atoms with E-state index in [1.54, 1.807) is 50.7 Å². The van der Waals surface area contributed by atoms with Crippen LogP contribution in [0.3, 0.4) is 0 Å². The second kappa shape index (κ2) is 13.0. The second-order valence-electron chi connectivity index (χ2n) is 4.30. The maximum atomic E-state index is 10.7. The Hall–Kier alpha value is -0.335. The van der Waals surface area contributed by atoms with Crippen molar-refractivity contribution in [3.8, 4) is 0 Å². The van der Waals surface area contributed by atoms with Crippen molar-refractivity contribution in [1.82, 2.24) is 0 Å². The zero-order valence-electron chi connectivity index (χ0n) is 13.2. The van der Waals surface area contributed by atoms with Gasteiger partial charge in [0.1, 0.15) is 0 Å². The molecule has 0 aliphatic heterocycles. The molecule has 0 aliphatic carbocycles. The van der Waals surface area contributed by atoms with Gasteiger partial charge in [0.15, 0.2) is 0 Å². The summed E-state index contributed by atoms with van der Waals surface area (Å²) in [6, 6.07) is 15.4. The van der Waals surface area contributed by atoms with Gasteiger partial charge in [0.25, 0.3) is 0 Å². The Balaban J connectivity index is 0.000000427. The van der Waals surface area contributed by atoms with Crippen molar-refractivity contribution >= 4 is 20.2 Å². The Morgan fingerprint density at radius 1 is 1.09 bits per heavy atom. The van der Waals surface area contributed by atoms with Gasteiger partial charge in [-0.1, -0.05) is 18.2 Å². The smallest absolute Gasteiger partial charge is 0.478 e. The average Bonchev–Trinajstić information content (AvgIpc) is 2.54. The molecule has 0 saturated carbocycles. The minimum Gasteiger partial charge on any atom is -0.478 e. The Morgan fingerprint density at radius 2 is 1.65 bits per heavy atom. The molecule has 7 heteroatoms. The van der Waals surface area contributed by atoms with Gasteiger partial charge in [0.05, 0.1) is 5.56 Å². The van der Waals surface area contributed by atoms with Gasteiger partial charge < -0.3 is 5.11 Å². The number of carbonyl (C=O) groups is 2. The van der Waals surface area contributed by atoms with Crippen LogP contribution in [0.1, 0.15) is 27.6 Å². The van der Waals surface area contributed by atoms with Crippen LogP contribution < -0.4 is 34.7 Å². The van der Waals surface area contributed by atoms with Crippen molar-refractivity contribution in [2.24, 2.45) is 0 Å². The first-order valence-electron chi connectivity index (χ1n) is 6.77. The van der Waals surface area contributed by atoms with Gasteiger partial charge in [-0.3, -0.25) is 0 Å². The quantitative estimate of drug-likeness (QED) is 0.554. The molecule has 0 spiro atoms. The Labute approximate surface area is 172 Å². The van der Waals surface area contributed by atoms with E-state index in [2.05, 4.69) is 6.92 Å². The summed E-state index contributed by atoms with van der Waals surface area (Å²) >= 11 is -0.888. The average molecular weight is 527 g/mol. The molecule has 0 amide bonds. The second-order valence-corrected chi connectivity index (χ2v) is 17.5. The zero-order chi connectivity index (χ0) is 16.4. The predicted octanol–water partition coefficient (Wildman–Crippen LogP) is -0.0333. The molecule has 2 aromatic rings. The van der Waals surface area contributed by atoms with Crippen molar-refractivity contribution in [3.63, 3.8) is 0 Å². The van der Waals surface area contributed by atoms with Gasteiger partial charge >= 0.3 is 128 Å². The van der Waals surface area contributed by atoms with E-state index in [0.29, 0.717) is 11.1 Å². The van der Waals surface area contributed by atoms with Crippen LogP contribution in [0.25, 0.3) is 0 Å². The van der Waals surface area contributed by atoms with Gasteiger partial charge in [0, 0.05) is 0 Å². The van der Waals surface area contributed by atoms with E-state index in [4.69, 9.17) is 5.11 Å². The molecule has 23 heavy (non-hydrogen) atoms. The van der Waals surface area contributed by atoms with Crippen molar-refractivity contribution in [1.29, 1.82) is 0 Å². The monoisotopic (exact) mass is 528 g/mol. The number of hydrogen-bond donors (Lipinski definition) is 1. The van der Waals surface area contributed by atoms with Crippen molar-refractivity contribution in [3.05, 3.63) is 65.7 Å². The summed E-state index contributed by atoms with van der Waals surface area (Å²) in [7, 11) is 1.78. The van der Waals surface area contributed by atoms with E-state index >= 15 is 0 Å². The molecule has 0 bridgehead atoms. The SMILES string of the molecule is C[CH2][Hg][S]c1ccccc1C(=O)[O-].O=C(O)c1ccccc1.[Na+]. The molecule has 0 heterocycles. The summed E-state index contributed by atoms with van der Waals surface area (Å²) in [5.74, 6) is -1.94. The molecular weight excluding hydrogens is 512 g/mol. The molecule has 2 aromatic carbocycles. The standard InChI is InChI=1S/C7H6O2S.C7H6O2.C2H5.Hg.Na/c8-7(9)5-3-1-2-4-6(5)10;8-7(9)6-4-2-1-3-5-6;1-2;;/h1-4,10H,(H,8,9);1-5H,(H,8,9);1H2,2H3;;/q;;;2*+1/p-2. The number of benzene rings is 2. The first kappa shape index (κ1) is 22.7. The fourth-order valence-corrected chi connectivity index (χ4v) is 10.3. The third kappa shape index (κ3) is 8.91. The Morgan fingerprint density at radius 3 is 2.13 bits per heavy atom. The van der Waals surface area contributed by atoms with Gasteiger partial charge in [-0.2, -0.15) is 0 Å². The normalized spacial score (nSPS) is 8.74. The van der Waals surface area contributed by atoms with Crippen LogP contribution >= 0.6 is 8.24 Å². The van der Waals surface area contributed by atoms with Crippen LogP contribution in [0.15, 0.2) is 59.5 Å². The van der Waals surface area contributed by atoms with Gasteiger partial charge in [-0.05, 0) is 12.1 Å². The van der Waals surface area contributed by atoms with E-state index in [1.165, 1.54) is 3.93 Å². The topological polar surface area (TPSA) is 77.4 Å². The first-order valence-corrected chi connectivity index (χ1v) is 18.4. The summed E-state index contributed by atoms with van der Waals surface area (Å²) in [6.07, 6.45) is 0. The van der Waals surface area contributed by atoms with Gasteiger partial charge in [-0.25, -0.2) is 4.79 Å². The molecular formula is C16H15HgNaO4S. The van der Waals surface area contributed by atoms with Crippen molar-refractivity contribution in [2.45, 2.75) is 15.7 Å². The Kier molecular flexibility index (Phi) is 12.8. The summed E-state index contributed by atoms with van der Waals surface area (Å²) in [4.78, 5) is 21.8. The third-order valence-electron chi connectivity index (χ3n) is 2.59. The minimum atomic E-state index is -1.06. The molecule has 2 rings (SSSR count). The molecule has 0 atom stereocenters. The molecule has 0 aliphatic rings. The van der Waals surface area contributed by atoms with Crippen molar-refractivity contribution < 1.29 is 72.4 Å². The van der Waals surface area contributed by atoms with Gasteiger partial charge in [0.2, 0.25) is 0 Å². The fraction of sp³-hybridized carbons (Fsp3) is 0.125. The van der Waals surface area contributed by atoms with E-state index in [-0.39, 0.29) is 29.6 Å². The molecule has 0 saturated heterocycles. The maximum absolute atomic E-state index is 10.7.